The first kappa shape index (κ1) is 18.3. The molecule has 3 aliphatic rings. The number of likely N-dealkylation sites (tertiary alicyclic amines) is 2. The highest BCUT2D eigenvalue weighted by Gasteiger charge is 2.68. The third-order valence-electron chi connectivity index (χ3n) is 6.94. The molecule has 0 radical (unpaired) electrons. The number of hydrogen-bond acceptors (Lipinski definition) is 4. The minimum atomic E-state index is -0.457. The van der Waals surface area contributed by atoms with Crippen LogP contribution < -0.4 is 0 Å². The number of rotatable bonds is 4. The van der Waals surface area contributed by atoms with Gasteiger partial charge in [-0.25, -0.2) is 0 Å². The van der Waals surface area contributed by atoms with Crippen LogP contribution in [-0.4, -0.2) is 63.0 Å². The predicted octanol–water partition coefficient (Wildman–Crippen LogP) is 2.06. The fourth-order valence-corrected chi connectivity index (χ4v) is 5.30. The van der Waals surface area contributed by atoms with Crippen LogP contribution in [0.15, 0.2) is 54.9 Å². The number of aliphatic hydroxyl groups is 1. The van der Waals surface area contributed by atoms with E-state index in [1.807, 2.05) is 28.0 Å². The van der Waals surface area contributed by atoms with Crippen LogP contribution in [0.4, 0.5) is 0 Å². The molecule has 1 aromatic carbocycles. The molecule has 2 aliphatic heterocycles. The van der Waals surface area contributed by atoms with E-state index in [1.54, 1.807) is 24.5 Å². The standard InChI is InChI=1S/C23H25N3O3/c27-13-19-20(16-6-2-1-3-7-16)23(14-25(15-23)21(28)17-8-4-9-17)26(19)22(29)18-10-5-11-24-12-18/h1-3,5-7,10-12,17,19-20,27H,4,8-9,13-15H2/t19-,20-/m1/s1. The Labute approximate surface area is 170 Å². The average molecular weight is 391 g/mol. The Morgan fingerprint density at radius 2 is 1.86 bits per heavy atom. The molecular weight excluding hydrogens is 366 g/mol. The molecule has 29 heavy (non-hydrogen) atoms. The van der Waals surface area contributed by atoms with Gasteiger partial charge in [-0.15, -0.1) is 0 Å². The Morgan fingerprint density at radius 3 is 2.45 bits per heavy atom. The maximum absolute atomic E-state index is 13.3. The summed E-state index contributed by atoms with van der Waals surface area (Å²) in [5, 5.41) is 10.2. The number of hydrogen-bond donors (Lipinski definition) is 1. The van der Waals surface area contributed by atoms with Crippen LogP contribution in [0, 0.1) is 5.92 Å². The minimum Gasteiger partial charge on any atom is -0.394 e. The Bertz CT molecular complexity index is 907. The highest BCUT2D eigenvalue weighted by molar-refractivity contribution is 5.96. The molecular formula is C23H25N3O3. The summed E-state index contributed by atoms with van der Waals surface area (Å²) in [6.07, 6.45) is 6.28. The smallest absolute Gasteiger partial charge is 0.256 e. The molecule has 3 heterocycles. The van der Waals surface area contributed by atoms with E-state index in [1.165, 1.54) is 0 Å². The van der Waals surface area contributed by atoms with E-state index in [-0.39, 0.29) is 36.3 Å². The van der Waals surface area contributed by atoms with Crippen molar-refractivity contribution in [3.05, 3.63) is 66.0 Å². The van der Waals surface area contributed by atoms with Gasteiger partial charge in [-0.3, -0.25) is 14.6 Å². The number of pyridine rings is 1. The summed E-state index contributed by atoms with van der Waals surface area (Å²) in [5.41, 5.74) is 1.17. The topological polar surface area (TPSA) is 73.7 Å². The van der Waals surface area contributed by atoms with Crippen molar-refractivity contribution in [2.45, 2.75) is 36.8 Å². The zero-order chi connectivity index (χ0) is 20.0. The fourth-order valence-electron chi connectivity index (χ4n) is 5.30. The molecule has 6 heteroatoms. The van der Waals surface area contributed by atoms with Gasteiger partial charge in [0.05, 0.1) is 23.8 Å². The maximum atomic E-state index is 13.3. The lowest BCUT2D eigenvalue weighted by atomic mass is 9.60. The first-order valence-corrected chi connectivity index (χ1v) is 10.3. The van der Waals surface area contributed by atoms with Gasteiger partial charge in [-0.2, -0.15) is 0 Å². The van der Waals surface area contributed by atoms with Crippen molar-refractivity contribution in [3.63, 3.8) is 0 Å². The lowest BCUT2D eigenvalue weighted by Crippen LogP contribution is -2.86. The van der Waals surface area contributed by atoms with E-state index in [0.717, 1.165) is 24.8 Å². The van der Waals surface area contributed by atoms with Gasteiger partial charge in [-0.1, -0.05) is 36.8 Å². The van der Waals surface area contributed by atoms with Crippen LogP contribution >= 0.6 is 0 Å². The van der Waals surface area contributed by atoms with Crippen LogP contribution in [-0.2, 0) is 4.79 Å². The molecule has 1 aromatic heterocycles. The van der Waals surface area contributed by atoms with Crippen LogP contribution in [0.5, 0.6) is 0 Å². The van der Waals surface area contributed by atoms with Crippen LogP contribution in [0.2, 0.25) is 0 Å². The molecule has 1 aliphatic carbocycles. The minimum absolute atomic E-state index is 0.0137. The summed E-state index contributed by atoms with van der Waals surface area (Å²) in [7, 11) is 0. The van der Waals surface area contributed by atoms with E-state index in [9.17, 15) is 14.7 Å². The second kappa shape index (κ2) is 6.95. The molecule has 5 rings (SSSR count). The first-order valence-electron chi connectivity index (χ1n) is 10.3. The Balaban J connectivity index is 1.46. The molecule has 6 nitrogen and oxygen atoms in total. The van der Waals surface area contributed by atoms with E-state index in [4.69, 9.17) is 0 Å². The molecule has 0 unspecified atom stereocenters. The normalized spacial score (nSPS) is 25.1. The number of aromatic nitrogens is 1. The van der Waals surface area contributed by atoms with Crippen LogP contribution in [0.25, 0.3) is 0 Å². The summed E-state index contributed by atoms with van der Waals surface area (Å²) in [6, 6.07) is 13.2. The number of benzene rings is 1. The Hall–Kier alpha value is -2.73. The second-order valence-electron chi connectivity index (χ2n) is 8.48. The zero-order valence-electron chi connectivity index (χ0n) is 16.3. The summed E-state index contributed by atoms with van der Waals surface area (Å²) in [4.78, 5) is 33.9. The van der Waals surface area contributed by atoms with E-state index in [2.05, 4.69) is 17.1 Å². The van der Waals surface area contributed by atoms with Gasteiger partial charge in [0.15, 0.2) is 0 Å². The predicted molar refractivity (Wildman–Crippen MR) is 107 cm³/mol. The largest absolute Gasteiger partial charge is 0.394 e. The Kier molecular flexibility index (Phi) is 4.39. The van der Waals surface area contributed by atoms with Gasteiger partial charge < -0.3 is 14.9 Å². The molecule has 2 aromatic rings. The molecule has 3 fully saturated rings. The maximum Gasteiger partial charge on any atom is 0.256 e. The molecule has 1 N–H and O–H groups in total. The molecule has 2 amide bonds. The highest BCUT2D eigenvalue weighted by Crippen LogP contribution is 2.54. The molecule has 150 valence electrons. The van der Waals surface area contributed by atoms with Crippen molar-refractivity contribution < 1.29 is 14.7 Å². The summed E-state index contributed by atoms with van der Waals surface area (Å²) in [6.45, 7) is 0.957. The van der Waals surface area contributed by atoms with Crippen molar-refractivity contribution in [2.75, 3.05) is 19.7 Å². The number of aliphatic hydroxyl groups excluding tert-OH is 1. The summed E-state index contributed by atoms with van der Waals surface area (Å²) < 4.78 is 0. The van der Waals surface area contributed by atoms with Crippen molar-refractivity contribution in [2.24, 2.45) is 5.92 Å². The third kappa shape index (κ3) is 2.69. The van der Waals surface area contributed by atoms with Crippen LogP contribution in [0.1, 0.15) is 41.1 Å². The number of amides is 2. The monoisotopic (exact) mass is 391 g/mol. The lowest BCUT2D eigenvalue weighted by molar-refractivity contribution is -0.183. The molecule has 1 saturated carbocycles. The van der Waals surface area contributed by atoms with Crippen molar-refractivity contribution in [3.8, 4) is 0 Å². The molecule has 1 spiro atoms. The fraction of sp³-hybridized carbons (Fsp3) is 0.435. The second-order valence-corrected chi connectivity index (χ2v) is 8.48. The molecule has 2 saturated heterocycles. The molecule has 2 atom stereocenters. The summed E-state index contributed by atoms with van der Waals surface area (Å²) >= 11 is 0. The third-order valence-corrected chi connectivity index (χ3v) is 6.94. The van der Waals surface area contributed by atoms with Crippen molar-refractivity contribution in [1.29, 1.82) is 0 Å². The van der Waals surface area contributed by atoms with Gasteiger partial charge in [0.25, 0.3) is 5.91 Å². The van der Waals surface area contributed by atoms with Crippen molar-refractivity contribution >= 4 is 11.8 Å². The van der Waals surface area contributed by atoms with Gasteiger partial charge in [0.1, 0.15) is 0 Å². The molecule has 0 bridgehead atoms. The van der Waals surface area contributed by atoms with E-state index < -0.39 is 5.54 Å². The van der Waals surface area contributed by atoms with E-state index >= 15 is 0 Å². The van der Waals surface area contributed by atoms with Gasteiger partial charge >= 0.3 is 0 Å². The average Bonchev–Trinajstić information content (AvgIpc) is 2.66. The SMILES string of the molecule is O=C(C1CCC1)N1CC2(C1)[C@H](c1ccccc1)[C@@H](CO)N2C(=O)c1cccnc1. The van der Waals surface area contributed by atoms with Gasteiger partial charge in [0, 0.05) is 37.3 Å². The lowest BCUT2D eigenvalue weighted by Gasteiger charge is -2.70. The van der Waals surface area contributed by atoms with Gasteiger partial charge in [-0.05, 0) is 30.5 Å². The first-order chi connectivity index (χ1) is 14.2. The van der Waals surface area contributed by atoms with Gasteiger partial charge in [0.2, 0.25) is 5.91 Å². The highest BCUT2D eigenvalue weighted by atomic mass is 16.3. The number of carbonyl (C=O) groups excluding carboxylic acids is 2. The van der Waals surface area contributed by atoms with Crippen LogP contribution in [0.3, 0.4) is 0 Å². The quantitative estimate of drug-likeness (QED) is 0.866. The van der Waals surface area contributed by atoms with E-state index in [0.29, 0.717) is 18.7 Å². The number of nitrogens with zero attached hydrogens (tertiary/aromatic N) is 3. The number of carbonyl (C=O) groups is 2. The summed E-state index contributed by atoms with van der Waals surface area (Å²) in [5.74, 6) is 0.258. The Morgan fingerprint density at radius 1 is 1.10 bits per heavy atom. The van der Waals surface area contributed by atoms with Crippen molar-refractivity contribution in [1.82, 2.24) is 14.8 Å². The zero-order valence-corrected chi connectivity index (χ0v) is 16.3.